The Morgan fingerprint density at radius 2 is 1.71 bits per heavy atom. The molecule has 0 radical (unpaired) electrons. The molecule has 0 unspecified atom stereocenters. The van der Waals surface area contributed by atoms with Crippen LogP contribution in [-0.4, -0.2) is 24.1 Å². The number of esters is 1. The summed E-state index contributed by atoms with van der Waals surface area (Å²) in [5.74, 6) is 1.64. The smallest absolute Gasteiger partial charge is 0.336 e. The van der Waals surface area contributed by atoms with E-state index in [2.05, 4.69) is 33.8 Å². The van der Waals surface area contributed by atoms with Crippen LogP contribution in [-0.2, 0) is 19.1 Å². The Hall–Kier alpha value is -1.42. The van der Waals surface area contributed by atoms with Crippen LogP contribution in [0, 0.1) is 50.7 Å². The molecule has 0 aromatic heterocycles. The Bertz CT molecular complexity index is 1070. The summed E-state index contributed by atoms with van der Waals surface area (Å²) < 4.78 is 11.9. The van der Waals surface area contributed by atoms with Gasteiger partial charge < -0.3 is 9.47 Å². The van der Waals surface area contributed by atoms with Crippen LogP contribution in [0.5, 0.6) is 0 Å². The second-order valence-electron chi connectivity index (χ2n) is 14.3. The van der Waals surface area contributed by atoms with Crippen molar-refractivity contribution >= 4 is 11.8 Å². The molecule has 0 aromatic carbocycles. The van der Waals surface area contributed by atoms with E-state index in [1.54, 1.807) is 0 Å². The third-order valence-corrected chi connectivity index (χ3v) is 13.1. The minimum absolute atomic E-state index is 0.219. The number of fused-ring (bicyclic) bond motifs is 2. The van der Waals surface area contributed by atoms with Crippen LogP contribution in [0.2, 0.25) is 0 Å². The third kappa shape index (κ3) is 2.23. The van der Waals surface area contributed by atoms with Crippen molar-refractivity contribution in [2.24, 2.45) is 50.7 Å². The van der Waals surface area contributed by atoms with E-state index in [0.717, 1.165) is 12.3 Å². The number of hydrogen-bond acceptors (Lipinski definition) is 4. The summed E-state index contributed by atoms with van der Waals surface area (Å²) >= 11 is 0. The zero-order valence-electron chi connectivity index (χ0n) is 21.5. The molecule has 34 heavy (non-hydrogen) atoms. The minimum atomic E-state index is -0.805. The second kappa shape index (κ2) is 6.10. The molecule has 184 valence electrons. The van der Waals surface area contributed by atoms with Crippen LogP contribution < -0.4 is 0 Å². The van der Waals surface area contributed by atoms with E-state index >= 15 is 0 Å². The normalized spacial score (nSPS) is 56.4. The van der Waals surface area contributed by atoms with Crippen LogP contribution in [0.1, 0.15) is 86.0 Å². The summed E-state index contributed by atoms with van der Waals surface area (Å²) in [4.78, 5) is 24.9. The maximum atomic E-state index is 12.8. The molecule has 2 aliphatic heterocycles. The molecule has 0 bridgehead atoms. The predicted octanol–water partition coefficient (Wildman–Crippen LogP) is 6.01. The van der Waals surface area contributed by atoms with Gasteiger partial charge in [-0.05, 0) is 109 Å². The van der Waals surface area contributed by atoms with Crippen molar-refractivity contribution in [3.05, 3.63) is 23.8 Å². The van der Waals surface area contributed by atoms with Gasteiger partial charge in [-0.1, -0.05) is 33.8 Å². The molecule has 9 atom stereocenters. The van der Waals surface area contributed by atoms with Crippen LogP contribution in [0.3, 0.4) is 0 Å². The molecule has 1 saturated heterocycles. The minimum Gasteiger partial charge on any atom is -0.426 e. The monoisotopic (exact) mass is 464 g/mol. The number of carbonyl (C=O) groups is 2. The van der Waals surface area contributed by atoms with Crippen molar-refractivity contribution in [3.63, 3.8) is 0 Å². The molecular weight excluding hydrogens is 424 g/mol. The van der Waals surface area contributed by atoms with Crippen LogP contribution in [0.25, 0.3) is 0 Å². The van der Waals surface area contributed by atoms with Gasteiger partial charge in [-0.15, -0.1) is 0 Å². The number of carbonyl (C=O) groups excluding carboxylic acids is 2. The first-order chi connectivity index (χ1) is 15.9. The first kappa shape index (κ1) is 21.8. The summed E-state index contributed by atoms with van der Waals surface area (Å²) in [6.45, 7) is 12.2. The molecule has 7 rings (SSSR count). The lowest BCUT2D eigenvalue weighted by Crippen LogP contribution is -2.56. The standard InChI is InChI=1S/C30H40O4/c1-18-14-30(34-24(18)32)15-19(16-33-30)20-8-10-27(5)22-7-6-21-25(2,3)23(31)9-11-28(21)17-29(22,28)13-12-26(20,27)4/h9,11,14,19-22H,6-8,10,12-13,15-17H2,1-5H3/t19-,20+,21-,22-,26+,27-,28+,29-,30-/m0/s1. The van der Waals surface area contributed by atoms with Crippen molar-refractivity contribution < 1.29 is 19.1 Å². The topological polar surface area (TPSA) is 52.6 Å². The van der Waals surface area contributed by atoms with Gasteiger partial charge in [0.25, 0.3) is 0 Å². The zero-order chi connectivity index (χ0) is 23.9. The summed E-state index contributed by atoms with van der Waals surface area (Å²) in [6, 6.07) is 0. The van der Waals surface area contributed by atoms with Gasteiger partial charge in [0.2, 0.25) is 5.79 Å². The van der Waals surface area contributed by atoms with Gasteiger partial charge in [0, 0.05) is 17.4 Å². The van der Waals surface area contributed by atoms with Crippen molar-refractivity contribution in [2.75, 3.05) is 6.61 Å². The molecule has 4 saturated carbocycles. The summed E-state index contributed by atoms with van der Waals surface area (Å²) in [5, 5.41) is 0. The molecule has 0 amide bonds. The maximum Gasteiger partial charge on any atom is 0.336 e. The fourth-order valence-corrected chi connectivity index (χ4v) is 11.2. The van der Waals surface area contributed by atoms with Gasteiger partial charge in [-0.25, -0.2) is 4.79 Å². The van der Waals surface area contributed by atoms with Crippen molar-refractivity contribution in [3.8, 4) is 0 Å². The van der Waals surface area contributed by atoms with Gasteiger partial charge in [-0.2, -0.15) is 0 Å². The zero-order valence-corrected chi connectivity index (χ0v) is 21.5. The van der Waals surface area contributed by atoms with Gasteiger partial charge in [-0.3, -0.25) is 4.79 Å². The largest absolute Gasteiger partial charge is 0.426 e. The SMILES string of the molecule is CC1=C[C@@]2(C[C@H]([C@H]3CC[C@@]4(C)[C@@H]5CC[C@H]6C(C)(C)C(=O)C=C[C@@]67C[C@@]57CC[C@]34C)CO2)OC1=O. The molecule has 0 N–H and O–H groups in total. The molecule has 5 fully saturated rings. The average Bonchev–Trinajstić information content (AvgIpc) is 2.94. The van der Waals surface area contributed by atoms with Gasteiger partial charge in [0.1, 0.15) is 0 Å². The molecule has 5 aliphatic carbocycles. The molecular formula is C30H40O4. The number of rotatable bonds is 1. The van der Waals surface area contributed by atoms with Gasteiger partial charge in [0.05, 0.1) is 6.61 Å². The summed E-state index contributed by atoms with van der Waals surface area (Å²) in [6.07, 6.45) is 16.0. The van der Waals surface area contributed by atoms with Gasteiger partial charge >= 0.3 is 5.97 Å². The lowest BCUT2D eigenvalue weighted by atomic mass is 9.42. The molecule has 3 spiro atoms. The van der Waals surface area contributed by atoms with E-state index in [1.165, 1.54) is 44.9 Å². The van der Waals surface area contributed by atoms with E-state index in [0.29, 0.717) is 52.0 Å². The third-order valence-electron chi connectivity index (χ3n) is 13.1. The first-order valence-corrected chi connectivity index (χ1v) is 13.7. The highest BCUT2D eigenvalue weighted by molar-refractivity contribution is 5.96. The molecule has 4 nitrogen and oxygen atoms in total. The Morgan fingerprint density at radius 3 is 2.44 bits per heavy atom. The lowest BCUT2D eigenvalue weighted by molar-refractivity contribution is -0.182. The van der Waals surface area contributed by atoms with Crippen LogP contribution in [0.4, 0.5) is 0 Å². The number of allylic oxidation sites excluding steroid dienone is 2. The Labute approximate surface area is 203 Å². The second-order valence-corrected chi connectivity index (χ2v) is 14.3. The summed E-state index contributed by atoms with van der Waals surface area (Å²) in [7, 11) is 0. The fraction of sp³-hybridized carbons (Fsp3) is 0.800. The fourth-order valence-electron chi connectivity index (χ4n) is 11.2. The van der Waals surface area contributed by atoms with Gasteiger partial charge in [0.15, 0.2) is 5.78 Å². The molecule has 0 aromatic rings. The van der Waals surface area contributed by atoms with E-state index in [1.807, 2.05) is 19.1 Å². The predicted molar refractivity (Wildman–Crippen MR) is 128 cm³/mol. The van der Waals surface area contributed by atoms with E-state index in [4.69, 9.17) is 9.47 Å². The Morgan fingerprint density at radius 1 is 0.941 bits per heavy atom. The molecule has 7 aliphatic rings. The van der Waals surface area contributed by atoms with Crippen molar-refractivity contribution in [2.45, 2.75) is 91.8 Å². The van der Waals surface area contributed by atoms with E-state index < -0.39 is 5.79 Å². The number of hydrogen-bond donors (Lipinski definition) is 0. The highest BCUT2D eigenvalue weighted by Gasteiger charge is 2.81. The van der Waals surface area contributed by atoms with E-state index in [-0.39, 0.29) is 16.8 Å². The average molecular weight is 465 g/mol. The number of ketones is 1. The highest BCUT2D eigenvalue weighted by Crippen LogP contribution is 2.88. The molecule has 4 heteroatoms. The summed E-state index contributed by atoms with van der Waals surface area (Å²) in [5.41, 5.74) is 1.75. The van der Waals surface area contributed by atoms with Crippen molar-refractivity contribution in [1.82, 2.24) is 0 Å². The highest BCUT2D eigenvalue weighted by atomic mass is 16.7. The quantitative estimate of drug-likeness (QED) is 0.446. The lowest BCUT2D eigenvalue weighted by Gasteiger charge is -2.62. The number of ether oxygens (including phenoxy) is 2. The van der Waals surface area contributed by atoms with E-state index in [9.17, 15) is 9.59 Å². The van der Waals surface area contributed by atoms with Crippen LogP contribution in [0.15, 0.2) is 23.8 Å². The van der Waals surface area contributed by atoms with Crippen molar-refractivity contribution in [1.29, 1.82) is 0 Å². The maximum absolute atomic E-state index is 12.8. The molecule has 2 heterocycles. The Kier molecular flexibility index (Phi) is 3.92. The first-order valence-electron chi connectivity index (χ1n) is 13.7. The Balaban J connectivity index is 1.19. The van der Waals surface area contributed by atoms with Crippen LogP contribution >= 0.6 is 0 Å².